The number of hydrogen-bond acceptors (Lipinski definition) is 9. The number of hydrogen-bond donors (Lipinski definition) is 1. The molecule has 178 valence electrons. The molecule has 3 aromatic rings. The van der Waals surface area contributed by atoms with Gasteiger partial charge in [-0.15, -0.1) is 0 Å². The second kappa shape index (κ2) is 10.0. The minimum absolute atomic E-state index is 0. The Bertz CT molecular complexity index is 1340. The number of anilines is 1. The summed E-state index contributed by atoms with van der Waals surface area (Å²) in [6.45, 7) is 1.44. The molecule has 0 spiro atoms. The third-order valence-electron chi connectivity index (χ3n) is 4.29. The number of nitrogens with two attached hydrogens (primary N) is 1. The van der Waals surface area contributed by atoms with Crippen molar-refractivity contribution in [3.63, 3.8) is 0 Å². The van der Waals surface area contributed by atoms with Gasteiger partial charge < -0.3 is 5.48 Å². The molecule has 14 heteroatoms. The number of pyridine rings is 1. The van der Waals surface area contributed by atoms with Crippen molar-refractivity contribution < 1.29 is 31.3 Å². The number of sulfonamides is 1. The van der Waals surface area contributed by atoms with Crippen LogP contribution in [0.1, 0.15) is 17.4 Å². The largest absolute Gasteiger partial charge is 0.412 e. The molecule has 11 nitrogen and oxygen atoms in total. The highest BCUT2D eigenvalue weighted by Crippen LogP contribution is 2.31. The van der Waals surface area contributed by atoms with Gasteiger partial charge in [0.25, 0.3) is 16.0 Å². The fourth-order valence-electron chi connectivity index (χ4n) is 2.82. The maximum Gasteiger partial charge on any atom is 0.265 e. The molecule has 1 amide bonds. The minimum atomic E-state index is -4.02. The summed E-state index contributed by atoms with van der Waals surface area (Å²) in [5.74, 6) is -0.754. The van der Waals surface area contributed by atoms with Gasteiger partial charge in [-0.05, 0) is 24.6 Å². The Hall–Kier alpha value is -2.75. The highest BCUT2D eigenvalue weighted by molar-refractivity contribution is 7.91. The van der Waals surface area contributed by atoms with Crippen LogP contribution >= 0.6 is 11.3 Å². The van der Waals surface area contributed by atoms with Crippen molar-refractivity contribution in [1.29, 1.82) is 0 Å². The van der Waals surface area contributed by atoms with E-state index < -0.39 is 32.2 Å². The van der Waals surface area contributed by atoms with Crippen molar-refractivity contribution >= 4 is 42.5 Å². The monoisotopic (exact) mass is 514 g/mol. The van der Waals surface area contributed by atoms with Gasteiger partial charge in [0.2, 0.25) is 10.0 Å². The predicted molar refractivity (Wildman–Crippen MR) is 124 cm³/mol. The number of thiazole rings is 1. The summed E-state index contributed by atoms with van der Waals surface area (Å²) in [5, 5.41) is 5.20. The lowest BCUT2D eigenvalue weighted by molar-refractivity contribution is -0.125. The standard InChI is InChI=1S/C19H20N4O6S3.H2O/c1-12-18(32(20,27)28)30-19(22-12)23(2)17(24)16(29-31(3,25)26)14-9-7-13(8-10-14)15-6-4-5-11-21-15;/h4-11,16H,1-3H3,(H2,20,27,28);1H2. The molecule has 1 aromatic carbocycles. The number of amides is 1. The number of aromatic nitrogens is 2. The SMILES string of the molecule is Cc1nc(N(C)C(=O)C(OS(C)(=O)=O)c2ccc(-c3ccccn3)cc2)sc1S(N)(=O)=O.O. The van der Waals surface area contributed by atoms with Gasteiger partial charge >= 0.3 is 0 Å². The number of carbonyl (C=O) groups is 1. The topological polar surface area (TPSA) is 181 Å². The summed E-state index contributed by atoms with van der Waals surface area (Å²) in [4.78, 5) is 22.5. The average Bonchev–Trinajstić information content (AvgIpc) is 3.13. The summed E-state index contributed by atoms with van der Waals surface area (Å²) >= 11 is 0.701. The second-order valence-corrected chi connectivity index (χ2v) is 11.2. The Kier molecular flexibility index (Phi) is 8.05. The molecule has 0 aliphatic carbocycles. The summed E-state index contributed by atoms with van der Waals surface area (Å²) in [6.07, 6.45) is 0.973. The number of rotatable bonds is 7. The molecule has 0 fully saturated rings. The highest BCUT2D eigenvalue weighted by atomic mass is 32.2. The normalized spacial score (nSPS) is 12.6. The van der Waals surface area contributed by atoms with Gasteiger partial charge in [-0.25, -0.2) is 18.5 Å². The van der Waals surface area contributed by atoms with Crippen LogP contribution in [0.4, 0.5) is 5.13 Å². The molecule has 0 aliphatic heterocycles. The summed E-state index contributed by atoms with van der Waals surface area (Å²) in [7, 11) is -6.69. The van der Waals surface area contributed by atoms with E-state index in [0.29, 0.717) is 17.0 Å². The van der Waals surface area contributed by atoms with Gasteiger partial charge in [0.1, 0.15) is 0 Å². The van der Waals surface area contributed by atoms with Crippen LogP contribution in [0.25, 0.3) is 11.3 Å². The molecule has 3 rings (SSSR count). The van der Waals surface area contributed by atoms with Crippen molar-refractivity contribution in [3.05, 3.63) is 59.9 Å². The van der Waals surface area contributed by atoms with Gasteiger partial charge in [0.05, 0.1) is 17.6 Å². The van der Waals surface area contributed by atoms with Gasteiger partial charge in [-0.1, -0.05) is 41.7 Å². The van der Waals surface area contributed by atoms with Gasteiger partial charge in [-0.3, -0.25) is 18.9 Å². The molecular weight excluding hydrogens is 492 g/mol. The van der Waals surface area contributed by atoms with Crippen LogP contribution in [-0.4, -0.2) is 51.5 Å². The zero-order valence-electron chi connectivity index (χ0n) is 17.8. The summed E-state index contributed by atoms with van der Waals surface area (Å²) < 4.78 is 52.0. The molecule has 1 atom stereocenters. The molecule has 1 unspecified atom stereocenters. The molecular formula is C19H22N4O7S3. The van der Waals surface area contributed by atoms with Gasteiger partial charge in [0, 0.05) is 18.8 Å². The minimum Gasteiger partial charge on any atom is -0.412 e. The van der Waals surface area contributed by atoms with Crippen LogP contribution in [0.2, 0.25) is 0 Å². The Balaban J connectivity index is 0.00000385. The number of benzene rings is 1. The van der Waals surface area contributed by atoms with E-state index in [1.807, 2.05) is 12.1 Å². The molecule has 2 heterocycles. The quantitative estimate of drug-likeness (QED) is 0.453. The van der Waals surface area contributed by atoms with E-state index in [1.165, 1.54) is 14.0 Å². The molecule has 2 aromatic heterocycles. The smallest absolute Gasteiger partial charge is 0.265 e. The van der Waals surface area contributed by atoms with Crippen LogP contribution in [-0.2, 0) is 29.1 Å². The third kappa shape index (κ3) is 6.40. The third-order valence-corrected chi connectivity index (χ3v) is 7.62. The molecule has 33 heavy (non-hydrogen) atoms. The molecule has 0 saturated carbocycles. The Morgan fingerprint density at radius 3 is 2.24 bits per heavy atom. The lowest BCUT2D eigenvalue weighted by atomic mass is 10.0. The van der Waals surface area contributed by atoms with Crippen molar-refractivity contribution in [2.75, 3.05) is 18.2 Å². The van der Waals surface area contributed by atoms with E-state index in [1.54, 1.807) is 36.5 Å². The van der Waals surface area contributed by atoms with Crippen molar-refractivity contribution in [2.24, 2.45) is 5.14 Å². The van der Waals surface area contributed by atoms with Crippen molar-refractivity contribution in [1.82, 2.24) is 9.97 Å². The van der Waals surface area contributed by atoms with Crippen LogP contribution in [0, 0.1) is 6.92 Å². The number of nitrogens with zero attached hydrogens (tertiary/aromatic N) is 3. The Morgan fingerprint density at radius 2 is 1.76 bits per heavy atom. The number of primary sulfonamides is 1. The molecule has 4 N–H and O–H groups in total. The maximum absolute atomic E-state index is 13.2. The van der Waals surface area contributed by atoms with Crippen LogP contribution in [0.5, 0.6) is 0 Å². The first-order valence-corrected chi connectivity index (χ1v) is 13.2. The van der Waals surface area contributed by atoms with Gasteiger partial charge in [-0.2, -0.15) is 8.42 Å². The molecule has 0 bridgehead atoms. The first-order valence-electron chi connectivity index (χ1n) is 9.04. The summed E-state index contributed by atoms with van der Waals surface area (Å²) in [5.41, 5.74) is 1.89. The van der Waals surface area contributed by atoms with E-state index in [-0.39, 0.29) is 26.1 Å². The van der Waals surface area contributed by atoms with E-state index in [2.05, 4.69) is 9.97 Å². The van der Waals surface area contributed by atoms with E-state index in [4.69, 9.17) is 9.32 Å². The highest BCUT2D eigenvalue weighted by Gasteiger charge is 2.31. The zero-order chi connectivity index (χ0) is 23.7. The number of aryl methyl sites for hydroxylation is 1. The summed E-state index contributed by atoms with van der Waals surface area (Å²) in [6, 6.07) is 11.9. The van der Waals surface area contributed by atoms with E-state index in [9.17, 15) is 21.6 Å². The fraction of sp³-hybridized carbons (Fsp3) is 0.211. The van der Waals surface area contributed by atoms with E-state index >= 15 is 0 Å². The maximum atomic E-state index is 13.2. The predicted octanol–water partition coefficient (Wildman–Crippen LogP) is 1.02. The van der Waals surface area contributed by atoms with Crippen molar-refractivity contribution in [2.45, 2.75) is 17.2 Å². The first-order chi connectivity index (χ1) is 14.9. The lowest BCUT2D eigenvalue weighted by Gasteiger charge is -2.21. The van der Waals surface area contributed by atoms with Crippen LogP contribution < -0.4 is 10.0 Å². The lowest BCUT2D eigenvalue weighted by Crippen LogP contribution is -2.34. The first kappa shape index (κ1) is 26.5. The van der Waals surface area contributed by atoms with Crippen LogP contribution in [0.15, 0.2) is 52.9 Å². The average molecular weight is 515 g/mol. The number of carbonyl (C=O) groups excluding carboxylic acids is 1. The van der Waals surface area contributed by atoms with E-state index in [0.717, 1.165) is 16.7 Å². The molecule has 0 radical (unpaired) electrons. The fourth-order valence-corrected chi connectivity index (χ4v) is 5.28. The number of likely N-dealkylation sites (N-methyl/N-ethyl adjacent to an activating group) is 1. The second-order valence-electron chi connectivity index (χ2n) is 6.83. The molecule has 0 saturated heterocycles. The Labute approximate surface area is 195 Å². The van der Waals surface area contributed by atoms with Crippen LogP contribution in [0.3, 0.4) is 0 Å². The van der Waals surface area contributed by atoms with Crippen molar-refractivity contribution in [3.8, 4) is 11.3 Å². The zero-order valence-corrected chi connectivity index (χ0v) is 20.2. The van der Waals surface area contributed by atoms with Gasteiger partial charge in [0.15, 0.2) is 15.4 Å². The molecule has 0 aliphatic rings. The Morgan fingerprint density at radius 1 is 1.12 bits per heavy atom.